The lowest BCUT2D eigenvalue weighted by molar-refractivity contribution is 1.12. The van der Waals surface area contributed by atoms with Gasteiger partial charge in [-0.15, -0.1) is 0 Å². The number of pyridine rings is 1. The Labute approximate surface area is 138 Å². The molecule has 0 bridgehead atoms. The Morgan fingerprint density at radius 2 is 1.71 bits per heavy atom. The molecular formula is C9H2Br2Cl2IN3. The molecule has 0 spiro atoms. The second-order valence-corrected chi connectivity index (χ2v) is 6.49. The van der Waals surface area contributed by atoms with Gasteiger partial charge in [0, 0.05) is 15.1 Å². The zero-order valence-electron chi connectivity index (χ0n) is 7.89. The van der Waals surface area contributed by atoms with E-state index < -0.39 is 0 Å². The van der Waals surface area contributed by atoms with Gasteiger partial charge in [-0.25, -0.2) is 9.97 Å². The van der Waals surface area contributed by atoms with E-state index in [-0.39, 0.29) is 0 Å². The molecule has 2 heterocycles. The van der Waals surface area contributed by atoms with Gasteiger partial charge in [0.25, 0.3) is 0 Å². The molecule has 0 aliphatic heterocycles. The van der Waals surface area contributed by atoms with Crippen molar-refractivity contribution in [3.63, 3.8) is 0 Å². The van der Waals surface area contributed by atoms with Crippen LogP contribution in [0.15, 0.2) is 21.2 Å². The maximum Gasteiger partial charge on any atom is 0.182 e. The van der Waals surface area contributed by atoms with Crippen LogP contribution in [0.1, 0.15) is 0 Å². The topological polar surface area (TPSA) is 38.7 Å². The summed E-state index contributed by atoms with van der Waals surface area (Å²) in [5.74, 6) is 0.389. The van der Waals surface area contributed by atoms with Crippen molar-refractivity contribution in [3.8, 4) is 11.5 Å². The molecule has 0 N–H and O–H groups in total. The molecule has 2 aromatic heterocycles. The summed E-state index contributed by atoms with van der Waals surface area (Å²) in [6.07, 6.45) is 1.66. The molecule has 0 aliphatic rings. The summed E-state index contributed by atoms with van der Waals surface area (Å²) in [4.78, 5) is 12.5. The van der Waals surface area contributed by atoms with E-state index in [1.165, 1.54) is 0 Å². The second-order valence-electron chi connectivity index (χ2n) is 2.93. The van der Waals surface area contributed by atoms with Crippen LogP contribution in [0.5, 0.6) is 0 Å². The van der Waals surface area contributed by atoms with Gasteiger partial charge in [0.1, 0.15) is 16.0 Å². The van der Waals surface area contributed by atoms with Gasteiger partial charge in [0.2, 0.25) is 0 Å². The van der Waals surface area contributed by atoms with Crippen LogP contribution >= 0.6 is 77.7 Å². The minimum Gasteiger partial charge on any atom is -0.251 e. The number of hydrogen-bond donors (Lipinski definition) is 0. The van der Waals surface area contributed by atoms with Gasteiger partial charge in [-0.3, -0.25) is 4.98 Å². The first-order valence-electron chi connectivity index (χ1n) is 4.19. The van der Waals surface area contributed by atoms with Crippen LogP contribution in [-0.4, -0.2) is 15.0 Å². The average Bonchev–Trinajstić information content (AvgIpc) is 2.25. The van der Waals surface area contributed by atoms with Crippen LogP contribution in [-0.2, 0) is 0 Å². The summed E-state index contributed by atoms with van der Waals surface area (Å²) in [6.45, 7) is 0. The fourth-order valence-corrected chi connectivity index (χ4v) is 2.87. The molecule has 0 fully saturated rings. The SMILES string of the molecule is Clc1nc(-c2ncc(Br)cc2Br)nc(Cl)c1I. The number of rotatable bonds is 1. The third-order valence-electron chi connectivity index (χ3n) is 1.79. The minimum absolute atomic E-state index is 0.317. The lowest BCUT2D eigenvalue weighted by Gasteiger charge is -2.05. The van der Waals surface area contributed by atoms with Gasteiger partial charge >= 0.3 is 0 Å². The highest BCUT2D eigenvalue weighted by atomic mass is 127. The summed E-state index contributed by atoms with van der Waals surface area (Å²) in [6, 6.07) is 1.85. The molecule has 0 unspecified atom stereocenters. The Morgan fingerprint density at radius 1 is 1.12 bits per heavy atom. The van der Waals surface area contributed by atoms with Gasteiger partial charge in [-0.1, -0.05) is 23.2 Å². The van der Waals surface area contributed by atoms with Gasteiger partial charge in [0.05, 0.1) is 3.57 Å². The molecule has 2 rings (SSSR count). The van der Waals surface area contributed by atoms with Crippen LogP contribution in [0.4, 0.5) is 0 Å². The Morgan fingerprint density at radius 3 is 2.24 bits per heavy atom. The minimum atomic E-state index is 0.317. The Bertz CT molecular complexity index is 571. The third-order valence-corrected chi connectivity index (χ3v) is 5.03. The maximum atomic E-state index is 5.96. The van der Waals surface area contributed by atoms with E-state index >= 15 is 0 Å². The van der Waals surface area contributed by atoms with Crippen molar-refractivity contribution in [1.82, 2.24) is 15.0 Å². The summed E-state index contributed by atoms with van der Waals surface area (Å²) >= 11 is 20.6. The number of halogens is 5. The molecule has 17 heavy (non-hydrogen) atoms. The van der Waals surface area contributed by atoms with Crippen molar-refractivity contribution in [1.29, 1.82) is 0 Å². The van der Waals surface area contributed by atoms with E-state index in [4.69, 9.17) is 23.2 Å². The van der Waals surface area contributed by atoms with E-state index in [1.54, 1.807) is 6.20 Å². The van der Waals surface area contributed by atoms with Crippen molar-refractivity contribution >= 4 is 77.7 Å². The zero-order chi connectivity index (χ0) is 12.6. The Hall–Kier alpha value is 0.500. The summed E-state index contributed by atoms with van der Waals surface area (Å²) in [7, 11) is 0. The summed E-state index contributed by atoms with van der Waals surface area (Å²) in [5.41, 5.74) is 0.591. The van der Waals surface area contributed by atoms with Gasteiger partial charge < -0.3 is 0 Å². The van der Waals surface area contributed by atoms with Crippen LogP contribution in [0.2, 0.25) is 10.3 Å². The number of aromatic nitrogens is 3. The standard InChI is InChI=1S/C9H2Br2Cl2IN3/c10-3-1-4(11)6(15-2-3)9-16-7(12)5(14)8(13)17-9/h1-2H. The second kappa shape index (κ2) is 5.64. The van der Waals surface area contributed by atoms with Crippen molar-refractivity contribution in [2.24, 2.45) is 0 Å². The molecule has 0 atom stereocenters. The number of nitrogens with zero attached hydrogens (tertiary/aromatic N) is 3. The monoisotopic (exact) mass is 507 g/mol. The van der Waals surface area contributed by atoms with Crippen molar-refractivity contribution in [2.45, 2.75) is 0 Å². The van der Waals surface area contributed by atoms with E-state index in [2.05, 4.69) is 46.8 Å². The van der Waals surface area contributed by atoms with Crippen LogP contribution < -0.4 is 0 Å². The normalized spacial score (nSPS) is 10.6. The highest BCUT2D eigenvalue weighted by molar-refractivity contribution is 14.1. The van der Waals surface area contributed by atoms with Crippen LogP contribution in [0, 0.1) is 3.57 Å². The Balaban J connectivity index is 2.61. The van der Waals surface area contributed by atoms with Crippen LogP contribution in [0.25, 0.3) is 11.5 Å². The third kappa shape index (κ3) is 3.09. The highest BCUT2D eigenvalue weighted by Crippen LogP contribution is 2.30. The van der Waals surface area contributed by atoms with Crippen molar-refractivity contribution < 1.29 is 0 Å². The molecule has 0 amide bonds. The van der Waals surface area contributed by atoms with Crippen LogP contribution in [0.3, 0.4) is 0 Å². The highest BCUT2D eigenvalue weighted by Gasteiger charge is 2.14. The first kappa shape index (κ1) is 13.9. The Kier molecular flexibility index (Phi) is 4.62. The molecule has 3 nitrogen and oxygen atoms in total. The summed E-state index contributed by atoms with van der Waals surface area (Å²) in [5, 5.41) is 0.634. The average molecular weight is 510 g/mol. The molecule has 0 saturated carbocycles. The summed E-state index contributed by atoms with van der Waals surface area (Å²) < 4.78 is 2.25. The van der Waals surface area contributed by atoms with E-state index in [0.29, 0.717) is 25.4 Å². The fourth-order valence-electron chi connectivity index (χ4n) is 1.08. The van der Waals surface area contributed by atoms with Gasteiger partial charge in [-0.2, -0.15) is 0 Å². The van der Waals surface area contributed by atoms with Gasteiger partial charge in [-0.05, 0) is 60.5 Å². The van der Waals surface area contributed by atoms with E-state index in [1.807, 2.05) is 28.7 Å². The van der Waals surface area contributed by atoms with Crippen molar-refractivity contribution in [2.75, 3.05) is 0 Å². The smallest absolute Gasteiger partial charge is 0.182 e. The van der Waals surface area contributed by atoms with E-state index in [0.717, 1.165) is 8.95 Å². The molecule has 0 radical (unpaired) electrons. The first-order valence-corrected chi connectivity index (χ1v) is 7.61. The molecule has 0 aliphatic carbocycles. The molecule has 88 valence electrons. The lowest BCUT2D eigenvalue weighted by atomic mass is 10.3. The molecule has 0 saturated heterocycles. The lowest BCUT2D eigenvalue weighted by Crippen LogP contribution is -1.96. The van der Waals surface area contributed by atoms with Gasteiger partial charge in [0.15, 0.2) is 5.82 Å². The largest absolute Gasteiger partial charge is 0.251 e. The predicted octanol–water partition coefficient (Wildman–Crippen LogP) is 4.98. The first-order chi connectivity index (χ1) is 7.99. The molecular weight excluding hydrogens is 508 g/mol. The maximum absolute atomic E-state index is 5.96. The molecule has 8 heteroatoms. The zero-order valence-corrected chi connectivity index (χ0v) is 14.7. The number of hydrogen-bond acceptors (Lipinski definition) is 3. The molecule has 0 aromatic carbocycles. The van der Waals surface area contributed by atoms with Crippen molar-refractivity contribution in [3.05, 3.63) is 35.1 Å². The predicted molar refractivity (Wildman–Crippen MR) is 83.4 cm³/mol. The van der Waals surface area contributed by atoms with E-state index in [9.17, 15) is 0 Å². The fraction of sp³-hybridized carbons (Fsp3) is 0. The molecule has 2 aromatic rings. The quantitative estimate of drug-likeness (QED) is 0.402.